The van der Waals surface area contributed by atoms with Gasteiger partial charge in [-0.2, -0.15) is 0 Å². The average Bonchev–Trinajstić information content (AvgIpc) is 2.50. The Labute approximate surface area is 91.9 Å². The molecule has 0 aliphatic carbocycles. The summed E-state index contributed by atoms with van der Waals surface area (Å²) in [5, 5.41) is 3.64. The standard InChI is InChI=1S/C10H12ClN3O/c1-12-4-5-14-9-3-2-7(11)6-8(9)13-10(14)15/h2-3,6,12H,4-5H2,1H3,(H,13,15). The highest BCUT2D eigenvalue weighted by molar-refractivity contribution is 6.31. The SMILES string of the molecule is CNCCn1c(=O)[nH]c2cc(Cl)ccc21. The van der Waals surface area contributed by atoms with Gasteiger partial charge in [0.05, 0.1) is 11.0 Å². The van der Waals surface area contributed by atoms with Crippen LogP contribution < -0.4 is 11.0 Å². The zero-order valence-electron chi connectivity index (χ0n) is 8.38. The highest BCUT2D eigenvalue weighted by atomic mass is 35.5. The molecule has 1 aromatic carbocycles. The van der Waals surface area contributed by atoms with E-state index in [0.29, 0.717) is 11.6 Å². The number of fused-ring (bicyclic) bond motifs is 1. The van der Waals surface area contributed by atoms with Crippen LogP contribution in [0.25, 0.3) is 11.0 Å². The van der Waals surface area contributed by atoms with Gasteiger partial charge in [-0.15, -0.1) is 0 Å². The van der Waals surface area contributed by atoms with Crippen molar-refractivity contribution in [2.45, 2.75) is 6.54 Å². The number of halogens is 1. The van der Waals surface area contributed by atoms with Crippen molar-refractivity contribution in [3.05, 3.63) is 33.7 Å². The predicted molar refractivity (Wildman–Crippen MR) is 61.5 cm³/mol. The first kappa shape index (κ1) is 10.3. The third-order valence-electron chi connectivity index (χ3n) is 2.32. The Bertz CT molecular complexity index is 529. The normalized spacial score (nSPS) is 11.1. The summed E-state index contributed by atoms with van der Waals surface area (Å²) < 4.78 is 1.70. The lowest BCUT2D eigenvalue weighted by Gasteiger charge is -2.01. The van der Waals surface area contributed by atoms with Crippen molar-refractivity contribution in [2.75, 3.05) is 13.6 Å². The lowest BCUT2D eigenvalue weighted by Crippen LogP contribution is -2.23. The van der Waals surface area contributed by atoms with Gasteiger partial charge in [0.15, 0.2) is 0 Å². The Morgan fingerprint density at radius 1 is 1.53 bits per heavy atom. The second-order valence-electron chi connectivity index (χ2n) is 3.35. The van der Waals surface area contributed by atoms with Gasteiger partial charge in [-0.3, -0.25) is 4.57 Å². The van der Waals surface area contributed by atoms with Gasteiger partial charge >= 0.3 is 5.69 Å². The predicted octanol–water partition coefficient (Wildman–Crippen LogP) is 1.20. The van der Waals surface area contributed by atoms with Crippen LogP contribution >= 0.6 is 11.6 Å². The molecule has 0 bridgehead atoms. The van der Waals surface area contributed by atoms with Crippen molar-refractivity contribution in [1.29, 1.82) is 0 Å². The van der Waals surface area contributed by atoms with Crippen molar-refractivity contribution in [2.24, 2.45) is 0 Å². The van der Waals surface area contributed by atoms with Crippen LogP contribution in [0.1, 0.15) is 0 Å². The molecule has 0 atom stereocenters. The number of benzene rings is 1. The molecule has 0 fully saturated rings. The summed E-state index contributed by atoms with van der Waals surface area (Å²) >= 11 is 5.84. The van der Waals surface area contributed by atoms with E-state index in [2.05, 4.69) is 10.3 Å². The van der Waals surface area contributed by atoms with Gasteiger partial charge in [-0.25, -0.2) is 4.79 Å². The molecule has 1 heterocycles. The number of nitrogens with zero attached hydrogens (tertiary/aromatic N) is 1. The topological polar surface area (TPSA) is 49.8 Å². The maximum absolute atomic E-state index is 11.6. The van der Waals surface area contributed by atoms with Crippen molar-refractivity contribution >= 4 is 22.6 Å². The zero-order valence-corrected chi connectivity index (χ0v) is 9.14. The number of rotatable bonds is 3. The monoisotopic (exact) mass is 225 g/mol. The molecular formula is C10H12ClN3O. The molecule has 0 spiro atoms. The van der Waals surface area contributed by atoms with E-state index in [0.717, 1.165) is 17.6 Å². The summed E-state index contributed by atoms with van der Waals surface area (Å²) in [6.07, 6.45) is 0. The van der Waals surface area contributed by atoms with Crippen LogP contribution in [-0.2, 0) is 6.54 Å². The molecule has 4 nitrogen and oxygen atoms in total. The van der Waals surface area contributed by atoms with Crippen LogP contribution in [0.4, 0.5) is 0 Å². The lowest BCUT2D eigenvalue weighted by molar-refractivity contribution is 0.642. The smallest absolute Gasteiger partial charge is 0.318 e. The van der Waals surface area contributed by atoms with Gasteiger partial charge in [0.1, 0.15) is 0 Å². The van der Waals surface area contributed by atoms with Crippen LogP contribution in [0.15, 0.2) is 23.0 Å². The molecule has 80 valence electrons. The maximum atomic E-state index is 11.6. The number of nitrogens with one attached hydrogen (secondary N) is 2. The van der Waals surface area contributed by atoms with Crippen LogP contribution in [0.3, 0.4) is 0 Å². The molecule has 0 radical (unpaired) electrons. The van der Waals surface area contributed by atoms with Crippen LogP contribution in [0.2, 0.25) is 5.02 Å². The minimum atomic E-state index is -0.0949. The van der Waals surface area contributed by atoms with E-state index in [4.69, 9.17) is 11.6 Å². The number of aromatic nitrogens is 2. The number of imidazole rings is 1. The second-order valence-corrected chi connectivity index (χ2v) is 3.78. The fourth-order valence-electron chi connectivity index (χ4n) is 1.58. The Morgan fingerprint density at radius 3 is 3.07 bits per heavy atom. The van der Waals surface area contributed by atoms with Crippen LogP contribution in [-0.4, -0.2) is 23.1 Å². The zero-order chi connectivity index (χ0) is 10.8. The Hall–Kier alpha value is -1.26. The average molecular weight is 226 g/mol. The molecule has 2 N–H and O–H groups in total. The van der Waals surface area contributed by atoms with Crippen LogP contribution in [0, 0.1) is 0 Å². The van der Waals surface area contributed by atoms with E-state index in [-0.39, 0.29) is 5.69 Å². The van der Waals surface area contributed by atoms with E-state index in [1.807, 2.05) is 13.1 Å². The highest BCUT2D eigenvalue weighted by Crippen LogP contribution is 2.16. The minimum Gasteiger partial charge on any atom is -0.318 e. The van der Waals surface area contributed by atoms with Crippen molar-refractivity contribution in [3.63, 3.8) is 0 Å². The van der Waals surface area contributed by atoms with Gasteiger partial charge in [0, 0.05) is 18.1 Å². The Kier molecular flexibility index (Phi) is 2.79. The van der Waals surface area contributed by atoms with Crippen molar-refractivity contribution in [1.82, 2.24) is 14.9 Å². The summed E-state index contributed by atoms with van der Waals surface area (Å²) in [6.45, 7) is 1.41. The van der Waals surface area contributed by atoms with Crippen molar-refractivity contribution in [3.8, 4) is 0 Å². The van der Waals surface area contributed by atoms with Gasteiger partial charge in [-0.1, -0.05) is 11.6 Å². The van der Waals surface area contributed by atoms with Gasteiger partial charge in [0.2, 0.25) is 0 Å². The summed E-state index contributed by atoms with van der Waals surface area (Å²) in [5.74, 6) is 0. The first-order chi connectivity index (χ1) is 7.22. The number of likely N-dealkylation sites (N-methyl/N-ethyl adjacent to an activating group) is 1. The fraction of sp³-hybridized carbons (Fsp3) is 0.300. The fourth-order valence-corrected chi connectivity index (χ4v) is 1.75. The van der Waals surface area contributed by atoms with E-state index in [1.165, 1.54) is 0 Å². The largest absolute Gasteiger partial charge is 0.326 e. The van der Waals surface area contributed by atoms with E-state index in [9.17, 15) is 4.79 Å². The number of hydrogen-bond donors (Lipinski definition) is 2. The summed E-state index contributed by atoms with van der Waals surface area (Å²) in [5.41, 5.74) is 1.57. The molecule has 5 heteroatoms. The molecule has 2 rings (SSSR count). The summed E-state index contributed by atoms with van der Waals surface area (Å²) in [6, 6.07) is 5.40. The molecule has 1 aromatic heterocycles. The minimum absolute atomic E-state index is 0.0949. The first-order valence-corrected chi connectivity index (χ1v) is 5.13. The number of hydrogen-bond acceptors (Lipinski definition) is 2. The van der Waals surface area contributed by atoms with Gasteiger partial charge < -0.3 is 10.3 Å². The molecule has 0 aliphatic heterocycles. The first-order valence-electron chi connectivity index (χ1n) is 4.75. The molecule has 2 aromatic rings. The molecule has 15 heavy (non-hydrogen) atoms. The van der Waals surface area contributed by atoms with E-state index in [1.54, 1.807) is 16.7 Å². The quantitative estimate of drug-likeness (QED) is 0.825. The molecule has 0 amide bonds. The maximum Gasteiger partial charge on any atom is 0.326 e. The molecule has 0 saturated carbocycles. The number of aromatic amines is 1. The van der Waals surface area contributed by atoms with Gasteiger partial charge in [-0.05, 0) is 25.2 Å². The molecule has 0 unspecified atom stereocenters. The van der Waals surface area contributed by atoms with E-state index < -0.39 is 0 Å². The highest BCUT2D eigenvalue weighted by Gasteiger charge is 2.05. The van der Waals surface area contributed by atoms with Crippen LogP contribution in [0.5, 0.6) is 0 Å². The summed E-state index contributed by atoms with van der Waals surface area (Å²) in [4.78, 5) is 14.4. The summed E-state index contributed by atoms with van der Waals surface area (Å²) in [7, 11) is 1.86. The lowest BCUT2D eigenvalue weighted by atomic mass is 10.3. The van der Waals surface area contributed by atoms with Crippen molar-refractivity contribution < 1.29 is 0 Å². The molecule has 0 saturated heterocycles. The van der Waals surface area contributed by atoms with E-state index >= 15 is 0 Å². The molecular weight excluding hydrogens is 214 g/mol. The second kappa shape index (κ2) is 4.08. The third kappa shape index (κ3) is 1.91. The molecule has 0 aliphatic rings. The third-order valence-corrected chi connectivity index (χ3v) is 2.56. The Morgan fingerprint density at radius 2 is 2.33 bits per heavy atom. The van der Waals surface area contributed by atoms with Gasteiger partial charge in [0.25, 0.3) is 0 Å². The Balaban J connectivity index is 2.53. The number of H-pyrrole nitrogens is 1.